The topological polar surface area (TPSA) is 65.8 Å². The molecule has 1 amide bonds. The molecule has 3 rings (SSSR count). The van der Waals surface area contributed by atoms with Crippen LogP contribution in [-0.4, -0.2) is 10.9 Å². The molecule has 0 spiro atoms. The zero-order valence-corrected chi connectivity index (χ0v) is 13.7. The molecule has 0 radical (unpaired) electrons. The third-order valence-electron chi connectivity index (χ3n) is 3.93. The molecule has 0 saturated heterocycles. The summed E-state index contributed by atoms with van der Waals surface area (Å²) in [6, 6.07) is 16.8. The number of hydrogen-bond donors (Lipinski definition) is 1. The number of aromatic nitrogens is 1. The van der Waals surface area contributed by atoms with Crippen LogP contribution in [0.15, 0.2) is 54.1 Å². The quantitative estimate of drug-likeness (QED) is 0.511. The van der Waals surface area contributed by atoms with Crippen LogP contribution in [0.25, 0.3) is 6.08 Å². The summed E-state index contributed by atoms with van der Waals surface area (Å²) >= 11 is 5.84. The van der Waals surface area contributed by atoms with Gasteiger partial charge in [-0.3, -0.25) is 4.79 Å². The van der Waals surface area contributed by atoms with Gasteiger partial charge in [-0.05, 0) is 42.5 Å². The van der Waals surface area contributed by atoms with Gasteiger partial charge in [-0.1, -0.05) is 48.0 Å². The molecular weight excluding hydrogens is 322 g/mol. The van der Waals surface area contributed by atoms with Gasteiger partial charge in [0.15, 0.2) is 0 Å². The SMILES string of the molecule is N#CC(=Cc1cccc(Cl)n1)C(=O)N[C@H](c1ccccc1)C1CC1. The summed E-state index contributed by atoms with van der Waals surface area (Å²) in [4.78, 5) is 16.6. The maximum atomic E-state index is 12.5. The van der Waals surface area contributed by atoms with Crippen LogP contribution in [0.1, 0.15) is 30.1 Å². The molecule has 1 saturated carbocycles. The first kappa shape index (κ1) is 16.2. The molecular formula is C19H16ClN3O. The molecule has 5 heteroatoms. The van der Waals surface area contributed by atoms with E-state index < -0.39 is 0 Å². The van der Waals surface area contributed by atoms with Crippen molar-refractivity contribution < 1.29 is 4.79 Å². The van der Waals surface area contributed by atoms with Gasteiger partial charge in [-0.15, -0.1) is 0 Å². The minimum atomic E-state index is -0.389. The number of hydrogen-bond acceptors (Lipinski definition) is 3. The highest BCUT2D eigenvalue weighted by Gasteiger charge is 2.33. The largest absolute Gasteiger partial charge is 0.344 e. The molecule has 1 aliphatic carbocycles. The Labute approximate surface area is 145 Å². The van der Waals surface area contributed by atoms with Gasteiger partial charge in [0, 0.05) is 0 Å². The lowest BCUT2D eigenvalue weighted by atomic mass is 10.0. The maximum absolute atomic E-state index is 12.5. The summed E-state index contributed by atoms with van der Waals surface area (Å²) in [5.74, 6) is 0.0422. The highest BCUT2D eigenvalue weighted by molar-refractivity contribution is 6.29. The van der Waals surface area contributed by atoms with Gasteiger partial charge < -0.3 is 5.32 Å². The molecule has 0 bridgehead atoms. The Kier molecular flexibility index (Phi) is 4.93. The van der Waals surface area contributed by atoms with Gasteiger partial charge in [0.2, 0.25) is 0 Å². The molecule has 1 heterocycles. The number of amides is 1. The summed E-state index contributed by atoms with van der Waals surface area (Å²) in [6.45, 7) is 0. The molecule has 2 aromatic rings. The van der Waals surface area contributed by atoms with E-state index in [2.05, 4.69) is 10.3 Å². The summed E-state index contributed by atoms with van der Waals surface area (Å²) in [5.41, 5.74) is 1.56. The van der Waals surface area contributed by atoms with Crippen molar-refractivity contribution in [3.8, 4) is 6.07 Å². The van der Waals surface area contributed by atoms with Crippen molar-refractivity contribution >= 4 is 23.6 Å². The minimum absolute atomic E-state index is 0.0198. The van der Waals surface area contributed by atoms with Crippen molar-refractivity contribution in [1.82, 2.24) is 10.3 Å². The van der Waals surface area contributed by atoms with E-state index in [1.807, 2.05) is 36.4 Å². The van der Waals surface area contributed by atoms with E-state index >= 15 is 0 Å². The van der Waals surface area contributed by atoms with Crippen LogP contribution in [0, 0.1) is 17.2 Å². The highest BCUT2D eigenvalue weighted by Crippen LogP contribution is 2.41. The number of nitriles is 1. The Morgan fingerprint density at radius 2 is 2.00 bits per heavy atom. The van der Waals surface area contributed by atoms with Gasteiger partial charge in [0.1, 0.15) is 16.8 Å². The molecule has 0 aliphatic heterocycles. The average Bonchev–Trinajstić information content (AvgIpc) is 3.43. The zero-order chi connectivity index (χ0) is 16.9. The molecule has 1 aliphatic rings. The van der Waals surface area contributed by atoms with Crippen LogP contribution in [0.4, 0.5) is 0 Å². The standard InChI is InChI=1S/C19H16ClN3O/c20-17-8-4-7-16(22-17)11-15(12-21)19(24)23-18(14-9-10-14)13-5-2-1-3-6-13/h1-8,11,14,18H,9-10H2,(H,23,24)/t18-/m1/s1. The minimum Gasteiger partial charge on any atom is -0.344 e. The van der Waals surface area contributed by atoms with Crippen molar-refractivity contribution in [3.05, 3.63) is 70.5 Å². The lowest BCUT2D eigenvalue weighted by Gasteiger charge is -2.18. The summed E-state index contributed by atoms with van der Waals surface area (Å²) < 4.78 is 0. The predicted octanol–water partition coefficient (Wildman–Crippen LogP) is 3.91. The smallest absolute Gasteiger partial charge is 0.262 e. The number of nitrogens with one attached hydrogen (secondary N) is 1. The summed E-state index contributed by atoms with van der Waals surface area (Å²) in [7, 11) is 0. The van der Waals surface area contributed by atoms with Crippen LogP contribution in [0.5, 0.6) is 0 Å². The second-order valence-corrected chi connectivity index (χ2v) is 6.14. The van der Waals surface area contributed by atoms with Gasteiger partial charge in [0.25, 0.3) is 5.91 Å². The fourth-order valence-electron chi connectivity index (χ4n) is 2.58. The number of nitrogens with zero attached hydrogens (tertiary/aromatic N) is 2. The zero-order valence-electron chi connectivity index (χ0n) is 12.9. The van der Waals surface area contributed by atoms with E-state index in [9.17, 15) is 10.1 Å². The summed E-state index contributed by atoms with van der Waals surface area (Å²) in [5, 5.41) is 12.6. The number of halogens is 1. The van der Waals surface area contributed by atoms with Crippen LogP contribution in [-0.2, 0) is 4.79 Å². The highest BCUT2D eigenvalue weighted by atomic mass is 35.5. The number of rotatable bonds is 5. The van der Waals surface area contributed by atoms with Crippen molar-refractivity contribution in [2.24, 2.45) is 5.92 Å². The van der Waals surface area contributed by atoms with Crippen molar-refractivity contribution in [1.29, 1.82) is 5.26 Å². The van der Waals surface area contributed by atoms with Crippen LogP contribution in [0.3, 0.4) is 0 Å². The van der Waals surface area contributed by atoms with Crippen molar-refractivity contribution in [2.75, 3.05) is 0 Å². The fraction of sp³-hybridized carbons (Fsp3) is 0.211. The van der Waals surface area contributed by atoms with Crippen LogP contribution in [0.2, 0.25) is 5.15 Å². The van der Waals surface area contributed by atoms with E-state index in [1.54, 1.807) is 18.2 Å². The van der Waals surface area contributed by atoms with E-state index in [1.165, 1.54) is 6.08 Å². The van der Waals surface area contributed by atoms with Gasteiger partial charge in [-0.25, -0.2) is 4.98 Å². The number of carbonyl (C=O) groups is 1. The van der Waals surface area contributed by atoms with Gasteiger partial charge in [-0.2, -0.15) is 5.26 Å². The van der Waals surface area contributed by atoms with Crippen LogP contribution >= 0.6 is 11.6 Å². The third kappa shape index (κ3) is 4.01. The van der Waals surface area contributed by atoms with E-state index in [-0.39, 0.29) is 17.5 Å². The van der Waals surface area contributed by atoms with Crippen molar-refractivity contribution in [3.63, 3.8) is 0 Å². The third-order valence-corrected chi connectivity index (χ3v) is 4.14. The van der Waals surface area contributed by atoms with Gasteiger partial charge >= 0.3 is 0 Å². The molecule has 0 unspecified atom stereocenters. The van der Waals surface area contributed by atoms with Gasteiger partial charge in [0.05, 0.1) is 11.7 Å². The number of benzene rings is 1. The lowest BCUT2D eigenvalue weighted by Crippen LogP contribution is -2.30. The Morgan fingerprint density at radius 3 is 2.62 bits per heavy atom. The predicted molar refractivity (Wildman–Crippen MR) is 92.9 cm³/mol. The molecule has 4 nitrogen and oxygen atoms in total. The van der Waals surface area contributed by atoms with E-state index in [0.717, 1.165) is 18.4 Å². The normalized spacial score (nSPS) is 15.4. The van der Waals surface area contributed by atoms with E-state index in [0.29, 0.717) is 16.8 Å². The van der Waals surface area contributed by atoms with Crippen molar-refractivity contribution in [2.45, 2.75) is 18.9 Å². The Balaban J connectivity index is 1.80. The second kappa shape index (κ2) is 7.29. The monoisotopic (exact) mass is 337 g/mol. The fourth-order valence-corrected chi connectivity index (χ4v) is 2.75. The second-order valence-electron chi connectivity index (χ2n) is 5.75. The average molecular weight is 338 g/mol. The lowest BCUT2D eigenvalue weighted by molar-refractivity contribution is -0.117. The molecule has 1 fully saturated rings. The Hall–Kier alpha value is -2.64. The molecule has 1 N–H and O–H groups in total. The molecule has 24 heavy (non-hydrogen) atoms. The molecule has 120 valence electrons. The Morgan fingerprint density at radius 1 is 1.25 bits per heavy atom. The maximum Gasteiger partial charge on any atom is 0.262 e. The molecule has 1 aromatic carbocycles. The molecule has 1 atom stereocenters. The first-order valence-electron chi connectivity index (χ1n) is 7.77. The summed E-state index contributed by atoms with van der Waals surface area (Å²) in [6.07, 6.45) is 3.62. The first-order chi connectivity index (χ1) is 11.7. The van der Waals surface area contributed by atoms with Crippen LogP contribution < -0.4 is 5.32 Å². The Bertz CT molecular complexity index is 807. The van der Waals surface area contributed by atoms with E-state index in [4.69, 9.17) is 11.6 Å². The first-order valence-corrected chi connectivity index (χ1v) is 8.15. The molecule has 1 aromatic heterocycles. The number of pyridine rings is 1. The number of carbonyl (C=O) groups excluding carboxylic acids is 1.